The number of phosphoric acid groups is 2. The van der Waals surface area contributed by atoms with E-state index in [2.05, 4.69) is 38.6 Å². The van der Waals surface area contributed by atoms with E-state index in [9.17, 15) is 49.2 Å². The molecule has 244 valence electrons. The van der Waals surface area contributed by atoms with Crippen LogP contribution < -0.4 is 45.7 Å². The first-order chi connectivity index (χ1) is 20.6. The number of nitrogen functional groups attached to an aromatic ring is 1. The van der Waals surface area contributed by atoms with Gasteiger partial charge in [-0.2, -0.15) is 4.98 Å². The number of imidazole rings is 1. The molecule has 2 aliphatic rings. The van der Waals surface area contributed by atoms with E-state index in [4.69, 9.17) is 15.2 Å². The molecule has 0 aromatic carbocycles. The third kappa shape index (κ3) is 7.71. The summed E-state index contributed by atoms with van der Waals surface area (Å²) in [5.74, 6) is -0.269. The largest absolute Gasteiger partial charge is 1.00 e. The van der Waals surface area contributed by atoms with Crippen molar-refractivity contribution in [1.82, 2.24) is 34.5 Å². The number of anilines is 1. The van der Waals surface area contributed by atoms with Crippen LogP contribution in [0.2, 0.25) is 0 Å². The second-order valence-corrected chi connectivity index (χ2v) is 12.8. The molecular weight excluding hydrogens is 665 g/mol. The Morgan fingerprint density at radius 3 is 2.47 bits per heavy atom. The van der Waals surface area contributed by atoms with Gasteiger partial charge in [0.25, 0.3) is 13.4 Å². The van der Waals surface area contributed by atoms with Crippen LogP contribution in [0.5, 0.6) is 0 Å². The van der Waals surface area contributed by atoms with Crippen LogP contribution >= 0.6 is 15.6 Å². The molecule has 0 aliphatic carbocycles. The van der Waals surface area contributed by atoms with Gasteiger partial charge in [0.05, 0.1) is 25.2 Å². The van der Waals surface area contributed by atoms with Crippen molar-refractivity contribution in [1.29, 1.82) is 0 Å². The van der Waals surface area contributed by atoms with Gasteiger partial charge in [0.2, 0.25) is 5.95 Å². The van der Waals surface area contributed by atoms with Crippen LogP contribution in [-0.4, -0.2) is 114 Å². The fourth-order valence-electron chi connectivity index (χ4n) is 4.46. The standard InChI is InChI=1S/C19H28N8O15P2.Na/c1-6-10(28)12(30)14(32)18(40-6)27-2-7(24-25-27)3-38-43(34,35)42-44(36,37)39-4-8-11(29)13(31)17(41-8)26-5-21-9-15(26)22-19(20)23-16(9)33;/h2,5-6,8,10-14,17-18,28-32H,3-4H2,1H3,(H,34,35)(H,36,37)(H3,20,22,23,33);/q;+1/p-1/t6-,8+,10+,11+,12+,13+,14-,17+,18-;/m0./s1. The van der Waals surface area contributed by atoms with E-state index in [1.165, 1.54) is 6.92 Å². The van der Waals surface area contributed by atoms with Crippen molar-refractivity contribution in [3.63, 3.8) is 0 Å². The molecule has 0 spiro atoms. The minimum Gasteiger partial charge on any atom is -0.756 e. The number of rotatable bonds is 10. The maximum absolute atomic E-state index is 12.3. The zero-order chi connectivity index (χ0) is 32.1. The fraction of sp³-hybridized carbons (Fsp3) is 0.632. The van der Waals surface area contributed by atoms with Gasteiger partial charge in [-0.25, -0.2) is 18.5 Å². The van der Waals surface area contributed by atoms with Gasteiger partial charge in [0.15, 0.2) is 23.6 Å². The first-order valence-electron chi connectivity index (χ1n) is 12.6. The monoisotopic (exact) mass is 692 g/mol. The molecule has 2 fully saturated rings. The summed E-state index contributed by atoms with van der Waals surface area (Å²) >= 11 is 0. The van der Waals surface area contributed by atoms with Crippen LogP contribution in [0.1, 0.15) is 25.1 Å². The normalized spacial score (nSPS) is 33.0. The molecule has 26 heteroatoms. The summed E-state index contributed by atoms with van der Waals surface area (Å²) in [6.07, 6.45) is -10.9. The van der Waals surface area contributed by atoms with E-state index in [1.54, 1.807) is 0 Å². The Balaban J connectivity index is 0.00000461. The molecule has 0 bridgehead atoms. The smallest absolute Gasteiger partial charge is 0.756 e. The molecule has 45 heavy (non-hydrogen) atoms. The van der Waals surface area contributed by atoms with Crippen molar-refractivity contribution >= 4 is 32.8 Å². The quantitative estimate of drug-likeness (QED) is 0.0722. The molecule has 5 heterocycles. The first-order valence-corrected chi connectivity index (χ1v) is 15.5. The van der Waals surface area contributed by atoms with Crippen LogP contribution in [0.25, 0.3) is 11.2 Å². The fourth-order valence-corrected chi connectivity index (χ4v) is 6.48. The Kier molecular flexibility index (Phi) is 11.1. The van der Waals surface area contributed by atoms with Gasteiger partial charge in [-0.05, 0) is 6.92 Å². The minimum atomic E-state index is -5.61. The first kappa shape index (κ1) is 36.1. The maximum Gasteiger partial charge on any atom is 1.00 e. The van der Waals surface area contributed by atoms with Gasteiger partial charge in [0.1, 0.15) is 48.9 Å². The van der Waals surface area contributed by atoms with Gasteiger partial charge < -0.3 is 55.1 Å². The second-order valence-electron chi connectivity index (χ2n) is 9.78. The summed E-state index contributed by atoms with van der Waals surface area (Å²) in [5, 5.41) is 58.0. The number of nitrogens with one attached hydrogen (secondary N) is 1. The average molecular weight is 692 g/mol. The molecule has 2 aliphatic heterocycles. The number of hydrogen-bond acceptors (Lipinski definition) is 19. The number of ether oxygens (including phenoxy) is 2. The Morgan fingerprint density at radius 2 is 1.76 bits per heavy atom. The third-order valence-corrected chi connectivity index (χ3v) is 9.23. The van der Waals surface area contributed by atoms with Crippen LogP contribution in [-0.2, 0) is 38.6 Å². The number of hydrogen-bond donors (Lipinski definition) is 8. The summed E-state index contributed by atoms with van der Waals surface area (Å²) in [4.78, 5) is 44.2. The molecule has 9 N–H and O–H groups in total. The van der Waals surface area contributed by atoms with E-state index in [-0.39, 0.29) is 52.4 Å². The zero-order valence-electron chi connectivity index (χ0n) is 23.3. The predicted molar refractivity (Wildman–Crippen MR) is 135 cm³/mol. The Hall–Kier alpha value is -1.73. The number of phosphoric ester groups is 2. The molecule has 3 aromatic heterocycles. The van der Waals surface area contributed by atoms with Crippen molar-refractivity contribution in [2.75, 3.05) is 12.3 Å². The summed E-state index contributed by atoms with van der Waals surface area (Å²) in [5.41, 5.74) is 4.44. The van der Waals surface area contributed by atoms with Gasteiger partial charge >= 0.3 is 37.4 Å². The average Bonchev–Trinajstić information content (AvgIpc) is 3.65. The minimum absolute atomic E-state index is 0. The Labute approximate surface area is 273 Å². The Bertz CT molecular complexity index is 1660. The third-order valence-electron chi connectivity index (χ3n) is 6.68. The number of aliphatic hydroxyl groups is 5. The van der Waals surface area contributed by atoms with E-state index < -0.39 is 89.6 Å². The molecule has 11 atom stereocenters. The van der Waals surface area contributed by atoms with E-state index in [1.807, 2.05) is 0 Å². The van der Waals surface area contributed by atoms with Crippen molar-refractivity contribution in [3.05, 3.63) is 28.6 Å². The summed E-state index contributed by atoms with van der Waals surface area (Å²) < 4.78 is 50.8. The topological polar surface area (TPSA) is 345 Å². The molecule has 0 radical (unpaired) electrons. The van der Waals surface area contributed by atoms with Gasteiger partial charge in [-0.1, -0.05) is 5.21 Å². The molecule has 3 aromatic rings. The number of aromatic amines is 1. The molecule has 23 nitrogen and oxygen atoms in total. The number of H-pyrrole nitrogens is 1. The summed E-state index contributed by atoms with van der Waals surface area (Å²) in [6.45, 7) is -0.375. The van der Waals surface area contributed by atoms with Gasteiger partial charge in [-0.15, -0.1) is 5.10 Å². The molecular formula is C19H27N8NaO15P2. The second kappa shape index (κ2) is 13.8. The van der Waals surface area contributed by atoms with Crippen molar-refractivity contribution < 1.29 is 96.8 Å². The van der Waals surface area contributed by atoms with Crippen LogP contribution in [0.4, 0.5) is 5.95 Å². The summed E-state index contributed by atoms with van der Waals surface area (Å²) in [7, 11) is -11.0. The zero-order valence-corrected chi connectivity index (χ0v) is 27.1. The molecule has 0 amide bonds. The number of fused-ring (bicyclic) bond motifs is 1. The van der Waals surface area contributed by atoms with Crippen molar-refractivity contribution in [2.24, 2.45) is 0 Å². The number of aliphatic hydroxyl groups excluding tert-OH is 5. The van der Waals surface area contributed by atoms with Gasteiger partial charge in [0, 0.05) is 0 Å². The van der Waals surface area contributed by atoms with Crippen molar-refractivity contribution in [3.8, 4) is 0 Å². The summed E-state index contributed by atoms with van der Waals surface area (Å²) in [6, 6.07) is 0. The molecule has 0 saturated carbocycles. The van der Waals surface area contributed by atoms with Crippen LogP contribution in [0.3, 0.4) is 0 Å². The number of nitrogens with two attached hydrogens (primary N) is 1. The molecule has 2 unspecified atom stereocenters. The van der Waals surface area contributed by atoms with E-state index in [0.717, 1.165) is 21.8 Å². The van der Waals surface area contributed by atoms with E-state index in [0.29, 0.717) is 0 Å². The van der Waals surface area contributed by atoms with Crippen LogP contribution in [0.15, 0.2) is 17.3 Å². The predicted octanol–water partition coefficient (Wildman–Crippen LogP) is -7.26. The van der Waals surface area contributed by atoms with Gasteiger partial charge in [-0.3, -0.25) is 23.4 Å². The van der Waals surface area contributed by atoms with Crippen LogP contribution in [0, 0.1) is 0 Å². The Morgan fingerprint density at radius 1 is 1.07 bits per heavy atom. The SMILES string of the molecule is C[C@@H]1O[C@H](n2cc(COP(=O)(O)OP(=O)([O-])OC[C@H]3O[C@@H](n4cnc5c(=O)[nH]c(N)nc54)[C@H](O)[C@@H]3O)nn2)[C@@H](O)[C@H](O)[C@@H]1O.[Na+]. The molecule has 2 saturated heterocycles. The molecule has 5 rings (SSSR count). The van der Waals surface area contributed by atoms with E-state index >= 15 is 0 Å². The maximum atomic E-state index is 12.3. The number of nitrogens with zero attached hydrogens (tertiary/aromatic N) is 6. The number of aromatic nitrogens is 7. The van der Waals surface area contributed by atoms with Crippen molar-refractivity contribution in [2.45, 2.75) is 68.7 Å².